The number of hydrogen-bond acceptors (Lipinski definition) is 4. The van der Waals surface area contributed by atoms with Gasteiger partial charge in [0, 0.05) is 13.1 Å². The maximum atomic E-state index is 5.78. The van der Waals surface area contributed by atoms with Crippen LogP contribution in [0.25, 0.3) is 0 Å². The van der Waals surface area contributed by atoms with Crippen LogP contribution >= 0.6 is 12.4 Å². The number of nitrogens with two attached hydrogens (primary N) is 1. The molecule has 1 aliphatic heterocycles. The van der Waals surface area contributed by atoms with Gasteiger partial charge in [-0.05, 0) is 49.5 Å². The minimum Gasteiger partial charge on any atom is -0.493 e. The van der Waals surface area contributed by atoms with Gasteiger partial charge in [0.25, 0.3) is 0 Å². The molecule has 1 atom stereocenters. The first-order valence-electron chi connectivity index (χ1n) is 6.90. The van der Waals surface area contributed by atoms with E-state index in [-0.39, 0.29) is 12.4 Å². The lowest BCUT2D eigenvalue weighted by atomic mass is 9.98. The third-order valence-electron chi connectivity index (χ3n) is 3.79. The van der Waals surface area contributed by atoms with Gasteiger partial charge in [-0.2, -0.15) is 0 Å². The molecule has 4 nitrogen and oxygen atoms in total. The van der Waals surface area contributed by atoms with Crippen molar-refractivity contribution in [2.24, 2.45) is 11.7 Å². The first-order chi connectivity index (χ1) is 9.26. The van der Waals surface area contributed by atoms with E-state index in [0.717, 1.165) is 37.7 Å². The van der Waals surface area contributed by atoms with E-state index in [1.165, 1.54) is 18.4 Å². The highest BCUT2D eigenvalue weighted by atomic mass is 35.5. The molecule has 0 aliphatic carbocycles. The molecule has 1 aromatic rings. The molecule has 20 heavy (non-hydrogen) atoms. The van der Waals surface area contributed by atoms with Gasteiger partial charge in [0.05, 0.1) is 14.2 Å². The van der Waals surface area contributed by atoms with E-state index in [4.69, 9.17) is 15.2 Å². The van der Waals surface area contributed by atoms with E-state index >= 15 is 0 Å². The van der Waals surface area contributed by atoms with Crippen LogP contribution in [0.1, 0.15) is 18.4 Å². The van der Waals surface area contributed by atoms with Gasteiger partial charge < -0.3 is 15.2 Å². The van der Waals surface area contributed by atoms with Crippen molar-refractivity contribution in [1.29, 1.82) is 0 Å². The van der Waals surface area contributed by atoms with Crippen LogP contribution in [0, 0.1) is 5.92 Å². The molecule has 0 saturated carbocycles. The minimum atomic E-state index is 0. The molecule has 1 heterocycles. The topological polar surface area (TPSA) is 47.7 Å². The molecule has 1 aliphatic rings. The van der Waals surface area contributed by atoms with Crippen LogP contribution in [0.2, 0.25) is 0 Å². The van der Waals surface area contributed by atoms with Crippen molar-refractivity contribution in [2.45, 2.75) is 19.4 Å². The van der Waals surface area contributed by atoms with E-state index in [0.29, 0.717) is 5.92 Å². The zero-order valence-electron chi connectivity index (χ0n) is 12.3. The molecule has 2 N–H and O–H groups in total. The highest BCUT2D eigenvalue weighted by Gasteiger charge is 2.19. The zero-order chi connectivity index (χ0) is 13.7. The normalized spacial score (nSPS) is 19.2. The first kappa shape index (κ1) is 17.1. The number of piperidine rings is 1. The Morgan fingerprint density at radius 2 is 2.00 bits per heavy atom. The molecule has 0 bridgehead atoms. The standard InChI is InChI=1S/C15H24N2O2.ClH/c1-18-14-6-5-12(8-15(14)19-2)10-17-7-3-4-13(9-16)11-17;/h5-6,8,13H,3-4,7,9-11,16H2,1-2H3;1H. The second-order valence-electron chi connectivity index (χ2n) is 5.17. The number of likely N-dealkylation sites (tertiary alicyclic amines) is 1. The van der Waals surface area contributed by atoms with Crippen LogP contribution in [0.3, 0.4) is 0 Å². The van der Waals surface area contributed by atoms with Crippen LogP contribution in [-0.2, 0) is 6.54 Å². The summed E-state index contributed by atoms with van der Waals surface area (Å²) in [6.45, 7) is 4.01. The summed E-state index contributed by atoms with van der Waals surface area (Å²) in [6.07, 6.45) is 2.51. The van der Waals surface area contributed by atoms with E-state index < -0.39 is 0 Å². The van der Waals surface area contributed by atoms with E-state index in [1.807, 2.05) is 6.07 Å². The maximum Gasteiger partial charge on any atom is 0.161 e. The number of rotatable bonds is 5. The summed E-state index contributed by atoms with van der Waals surface area (Å²) in [7, 11) is 3.33. The fraction of sp³-hybridized carbons (Fsp3) is 0.600. The van der Waals surface area contributed by atoms with Crippen molar-refractivity contribution in [1.82, 2.24) is 4.90 Å². The van der Waals surface area contributed by atoms with Gasteiger partial charge in [-0.25, -0.2) is 0 Å². The highest BCUT2D eigenvalue weighted by molar-refractivity contribution is 5.85. The number of methoxy groups -OCH3 is 2. The summed E-state index contributed by atoms with van der Waals surface area (Å²) >= 11 is 0. The SMILES string of the molecule is COc1ccc(CN2CCCC(CN)C2)cc1OC.Cl. The van der Waals surface area contributed by atoms with Crippen LogP contribution in [0.15, 0.2) is 18.2 Å². The third kappa shape index (κ3) is 4.27. The van der Waals surface area contributed by atoms with Crippen molar-refractivity contribution in [3.8, 4) is 11.5 Å². The molecule has 1 saturated heterocycles. The van der Waals surface area contributed by atoms with Crippen molar-refractivity contribution in [2.75, 3.05) is 33.9 Å². The average molecular weight is 301 g/mol. The first-order valence-corrected chi connectivity index (χ1v) is 6.90. The molecule has 1 aromatic carbocycles. The van der Waals surface area contributed by atoms with Crippen molar-refractivity contribution >= 4 is 12.4 Å². The Balaban J connectivity index is 0.00000200. The molecular weight excluding hydrogens is 276 g/mol. The Labute approximate surface area is 127 Å². The van der Waals surface area contributed by atoms with Gasteiger partial charge >= 0.3 is 0 Å². The molecule has 0 amide bonds. The second-order valence-corrected chi connectivity index (χ2v) is 5.17. The Morgan fingerprint density at radius 1 is 1.25 bits per heavy atom. The molecule has 0 spiro atoms. The smallest absolute Gasteiger partial charge is 0.161 e. The second kappa shape index (κ2) is 8.35. The molecule has 114 valence electrons. The molecule has 0 radical (unpaired) electrons. The number of hydrogen-bond donors (Lipinski definition) is 1. The van der Waals surface area contributed by atoms with Gasteiger partial charge in [-0.15, -0.1) is 12.4 Å². The number of nitrogens with zero attached hydrogens (tertiary/aromatic N) is 1. The van der Waals surface area contributed by atoms with Gasteiger partial charge in [-0.1, -0.05) is 6.07 Å². The third-order valence-corrected chi connectivity index (χ3v) is 3.79. The Hall–Kier alpha value is -0.970. The van der Waals surface area contributed by atoms with Gasteiger partial charge in [0.1, 0.15) is 0 Å². The molecule has 0 aromatic heterocycles. The lowest BCUT2D eigenvalue weighted by Crippen LogP contribution is -2.37. The van der Waals surface area contributed by atoms with E-state index in [1.54, 1.807) is 14.2 Å². The zero-order valence-corrected chi connectivity index (χ0v) is 13.1. The van der Waals surface area contributed by atoms with Crippen LogP contribution in [0.5, 0.6) is 11.5 Å². The molecular formula is C15H25ClN2O2. The monoisotopic (exact) mass is 300 g/mol. The highest BCUT2D eigenvalue weighted by Crippen LogP contribution is 2.28. The predicted molar refractivity (Wildman–Crippen MR) is 83.8 cm³/mol. The number of benzene rings is 1. The van der Waals surface area contributed by atoms with Crippen molar-refractivity contribution in [3.05, 3.63) is 23.8 Å². The largest absolute Gasteiger partial charge is 0.493 e. The van der Waals surface area contributed by atoms with Gasteiger partial charge in [0.15, 0.2) is 11.5 Å². The predicted octanol–water partition coefficient (Wildman–Crippen LogP) is 2.30. The van der Waals surface area contributed by atoms with Crippen molar-refractivity contribution in [3.63, 3.8) is 0 Å². The average Bonchev–Trinajstić information content (AvgIpc) is 2.47. The summed E-state index contributed by atoms with van der Waals surface area (Å²) in [6, 6.07) is 6.14. The summed E-state index contributed by atoms with van der Waals surface area (Å²) in [5.74, 6) is 2.23. The summed E-state index contributed by atoms with van der Waals surface area (Å²) < 4.78 is 10.6. The van der Waals surface area contributed by atoms with E-state index in [2.05, 4.69) is 17.0 Å². The Bertz CT molecular complexity index is 415. The Morgan fingerprint density at radius 3 is 2.65 bits per heavy atom. The van der Waals surface area contributed by atoms with Crippen LogP contribution < -0.4 is 15.2 Å². The summed E-state index contributed by atoms with van der Waals surface area (Å²) in [5, 5.41) is 0. The van der Waals surface area contributed by atoms with Crippen LogP contribution in [0.4, 0.5) is 0 Å². The fourth-order valence-corrected chi connectivity index (χ4v) is 2.72. The summed E-state index contributed by atoms with van der Waals surface area (Å²) in [5.41, 5.74) is 7.04. The van der Waals surface area contributed by atoms with Crippen molar-refractivity contribution < 1.29 is 9.47 Å². The lowest BCUT2D eigenvalue weighted by Gasteiger charge is -2.32. The lowest BCUT2D eigenvalue weighted by molar-refractivity contribution is 0.171. The Kier molecular flexibility index (Phi) is 7.13. The molecule has 1 unspecified atom stereocenters. The quantitative estimate of drug-likeness (QED) is 0.906. The van der Waals surface area contributed by atoms with Gasteiger partial charge in [0.2, 0.25) is 0 Å². The molecule has 2 rings (SSSR count). The molecule has 5 heteroatoms. The van der Waals surface area contributed by atoms with Crippen LogP contribution in [-0.4, -0.2) is 38.8 Å². The maximum absolute atomic E-state index is 5.78. The van der Waals surface area contributed by atoms with E-state index in [9.17, 15) is 0 Å². The number of halogens is 1. The number of ether oxygens (including phenoxy) is 2. The van der Waals surface area contributed by atoms with Gasteiger partial charge in [-0.3, -0.25) is 4.90 Å². The fourth-order valence-electron chi connectivity index (χ4n) is 2.72. The minimum absolute atomic E-state index is 0. The summed E-state index contributed by atoms with van der Waals surface area (Å²) in [4.78, 5) is 2.47. The molecule has 1 fully saturated rings.